The summed E-state index contributed by atoms with van der Waals surface area (Å²) < 4.78 is 18.3. The molecule has 2 N–H and O–H groups in total. The van der Waals surface area contributed by atoms with Crippen LogP contribution in [0.15, 0.2) is 42.5 Å². The van der Waals surface area contributed by atoms with Crippen molar-refractivity contribution in [3.63, 3.8) is 0 Å². The Bertz CT molecular complexity index is 613. The summed E-state index contributed by atoms with van der Waals surface area (Å²) in [5, 5.41) is 11.8. The highest BCUT2D eigenvalue weighted by molar-refractivity contribution is 5.89. The van der Waals surface area contributed by atoms with Gasteiger partial charge in [-0.3, -0.25) is 0 Å². The van der Waals surface area contributed by atoms with Crippen molar-refractivity contribution in [2.75, 3.05) is 12.4 Å². The number of hydrogen-bond acceptors (Lipinski definition) is 3. The fraction of sp³-hybridized carbons (Fsp3) is 0.0714. The number of ether oxygens (including phenoxy) is 1. The van der Waals surface area contributed by atoms with Crippen LogP contribution in [0.4, 0.5) is 15.8 Å². The molecule has 2 aromatic carbocycles. The summed E-state index contributed by atoms with van der Waals surface area (Å²) in [7, 11) is 1.48. The Kier molecular flexibility index (Phi) is 3.66. The highest BCUT2D eigenvalue weighted by Gasteiger charge is 2.07. The first kappa shape index (κ1) is 12.9. The summed E-state index contributed by atoms with van der Waals surface area (Å²) >= 11 is 0. The second kappa shape index (κ2) is 5.39. The van der Waals surface area contributed by atoms with Crippen LogP contribution >= 0.6 is 0 Å². The lowest BCUT2D eigenvalue weighted by atomic mass is 10.2. The average Bonchev–Trinajstić information content (AvgIpc) is 2.39. The van der Waals surface area contributed by atoms with Gasteiger partial charge in [-0.1, -0.05) is 6.07 Å². The maximum absolute atomic E-state index is 13.2. The maximum Gasteiger partial charge on any atom is 0.335 e. The number of nitrogens with one attached hydrogen (secondary N) is 1. The second-order valence-electron chi connectivity index (χ2n) is 3.86. The van der Waals surface area contributed by atoms with Crippen LogP contribution < -0.4 is 10.1 Å². The minimum Gasteiger partial charge on any atom is -0.495 e. The van der Waals surface area contributed by atoms with E-state index in [4.69, 9.17) is 9.84 Å². The molecular formula is C14H12FNO3. The largest absolute Gasteiger partial charge is 0.495 e. The van der Waals surface area contributed by atoms with Gasteiger partial charge in [0.2, 0.25) is 0 Å². The zero-order valence-electron chi connectivity index (χ0n) is 10.2. The monoisotopic (exact) mass is 261 g/mol. The second-order valence-corrected chi connectivity index (χ2v) is 3.86. The van der Waals surface area contributed by atoms with Gasteiger partial charge in [0.15, 0.2) is 0 Å². The Morgan fingerprint density at radius 3 is 2.74 bits per heavy atom. The number of carboxylic acids is 1. The third-order valence-electron chi connectivity index (χ3n) is 2.55. The lowest BCUT2D eigenvalue weighted by Crippen LogP contribution is -1.99. The van der Waals surface area contributed by atoms with Crippen LogP contribution in [0.5, 0.6) is 5.75 Å². The minimum atomic E-state index is -1.02. The Morgan fingerprint density at radius 1 is 1.26 bits per heavy atom. The van der Waals surface area contributed by atoms with Crippen molar-refractivity contribution in [1.82, 2.24) is 0 Å². The van der Waals surface area contributed by atoms with Crippen molar-refractivity contribution in [2.24, 2.45) is 0 Å². The van der Waals surface area contributed by atoms with E-state index in [1.165, 1.54) is 37.4 Å². The van der Waals surface area contributed by atoms with Crippen LogP contribution in [0.1, 0.15) is 10.4 Å². The summed E-state index contributed by atoms with van der Waals surface area (Å²) in [6.45, 7) is 0. The van der Waals surface area contributed by atoms with Crippen LogP contribution in [-0.2, 0) is 0 Å². The van der Waals surface area contributed by atoms with Crippen LogP contribution in [0.3, 0.4) is 0 Å². The van der Waals surface area contributed by atoms with Crippen LogP contribution in [-0.4, -0.2) is 18.2 Å². The van der Waals surface area contributed by atoms with Gasteiger partial charge in [0.1, 0.15) is 11.6 Å². The molecule has 0 radical (unpaired) electrons. The van der Waals surface area contributed by atoms with E-state index in [0.717, 1.165) is 0 Å². The number of carboxylic acid groups (broad SMARTS) is 1. The predicted octanol–water partition coefficient (Wildman–Crippen LogP) is 3.28. The van der Waals surface area contributed by atoms with Gasteiger partial charge in [-0.15, -0.1) is 0 Å². The fourth-order valence-electron chi connectivity index (χ4n) is 1.66. The van der Waals surface area contributed by atoms with E-state index in [9.17, 15) is 9.18 Å². The smallest absolute Gasteiger partial charge is 0.335 e. The van der Waals surface area contributed by atoms with E-state index in [-0.39, 0.29) is 5.56 Å². The lowest BCUT2D eigenvalue weighted by Gasteiger charge is -2.11. The van der Waals surface area contributed by atoms with E-state index < -0.39 is 11.8 Å². The van der Waals surface area contributed by atoms with Crippen molar-refractivity contribution < 1.29 is 19.0 Å². The van der Waals surface area contributed by atoms with E-state index >= 15 is 0 Å². The summed E-state index contributed by atoms with van der Waals surface area (Å²) in [4.78, 5) is 10.9. The predicted molar refractivity (Wildman–Crippen MR) is 69.6 cm³/mol. The molecule has 19 heavy (non-hydrogen) atoms. The summed E-state index contributed by atoms with van der Waals surface area (Å²) in [6.07, 6.45) is 0. The highest BCUT2D eigenvalue weighted by Crippen LogP contribution is 2.28. The molecule has 0 amide bonds. The molecular weight excluding hydrogens is 249 g/mol. The first-order valence-corrected chi connectivity index (χ1v) is 5.54. The topological polar surface area (TPSA) is 58.6 Å². The number of halogens is 1. The maximum atomic E-state index is 13.2. The molecule has 2 rings (SSSR count). The van der Waals surface area contributed by atoms with Crippen molar-refractivity contribution in [2.45, 2.75) is 0 Å². The number of anilines is 2. The summed E-state index contributed by atoms with van der Waals surface area (Å²) in [6, 6.07) is 10.3. The van der Waals surface area contributed by atoms with Gasteiger partial charge < -0.3 is 15.2 Å². The van der Waals surface area contributed by atoms with Crippen LogP contribution in [0.2, 0.25) is 0 Å². The Morgan fingerprint density at radius 2 is 2.05 bits per heavy atom. The average molecular weight is 261 g/mol. The summed E-state index contributed by atoms with van der Waals surface area (Å²) in [5.74, 6) is -0.949. The van der Waals surface area contributed by atoms with E-state index in [1.54, 1.807) is 12.1 Å². The van der Waals surface area contributed by atoms with Gasteiger partial charge in [-0.2, -0.15) is 0 Å². The Balaban J connectivity index is 2.33. The highest BCUT2D eigenvalue weighted by atomic mass is 19.1. The van der Waals surface area contributed by atoms with Crippen molar-refractivity contribution in [3.8, 4) is 5.75 Å². The Labute approximate surface area is 109 Å². The Hall–Kier alpha value is -2.56. The first-order valence-electron chi connectivity index (χ1n) is 5.54. The number of hydrogen-bond donors (Lipinski definition) is 2. The third kappa shape index (κ3) is 3.01. The quantitative estimate of drug-likeness (QED) is 0.886. The molecule has 0 saturated carbocycles. The van der Waals surface area contributed by atoms with Gasteiger partial charge in [0.05, 0.1) is 18.4 Å². The van der Waals surface area contributed by atoms with E-state index in [1.807, 2.05) is 0 Å². The van der Waals surface area contributed by atoms with E-state index in [2.05, 4.69) is 5.32 Å². The van der Waals surface area contributed by atoms with Gasteiger partial charge in [0.25, 0.3) is 0 Å². The number of methoxy groups -OCH3 is 1. The number of carbonyl (C=O) groups is 1. The van der Waals surface area contributed by atoms with Gasteiger partial charge in [0, 0.05) is 11.8 Å². The molecule has 0 spiro atoms. The minimum absolute atomic E-state index is 0.153. The van der Waals surface area contributed by atoms with Gasteiger partial charge >= 0.3 is 5.97 Å². The SMILES string of the molecule is COc1ccc(F)cc1Nc1cccc(C(=O)O)c1. The third-order valence-corrected chi connectivity index (χ3v) is 2.55. The van der Waals surface area contributed by atoms with Crippen LogP contribution in [0, 0.1) is 5.82 Å². The normalized spacial score (nSPS) is 10.0. The molecule has 5 heteroatoms. The zero-order chi connectivity index (χ0) is 13.8. The molecule has 0 bridgehead atoms. The molecule has 0 aliphatic rings. The molecule has 0 aromatic heterocycles. The van der Waals surface area contributed by atoms with Gasteiger partial charge in [-0.05, 0) is 30.3 Å². The van der Waals surface area contributed by atoms with Crippen molar-refractivity contribution in [1.29, 1.82) is 0 Å². The molecule has 0 heterocycles. The fourth-order valence-corrected chi connectivity index (χ4v) is 1.66. The molecule has 0 aliphatic carbocycles. The molecule has 0 saturated heterocycles. The van der Waals surface area contributed by atoms with Crippen molar-refractivity contribution >= 4 is 17.3 Å². The standard InChI is InChI=1S/C14H12FNO3/c1-19-13-6-5-10(15)8-12(13)16-11-4-2-3-9(7-11)14(17)18/h2-8,16H,1H3,(H,17,18). The molecule has 98 valence electrons. The number of benzene rings is 2. The summed E-state index contributed by atoms with van der Waals surface area (Å²) in [5.41, 5.74) is 1.13. The van der Waals surface area contributed by atoms with Crippen LogP contribution in [0.25, 0.3) is 0 Å². The molecule has 0 fully saturated rings. The molecule has 0 unspecified atom stereocenters. The number of aromatic carboxylic acids is 1. The molecule has 4 nitrogen and oxygen atoms in total. The van der Waals surface area contributed by atoms with Crippen molar-refractivity contribution in [3.05, 3.63) is 53.8 Å². The zero-order valence-corrected chi connectivity index (χ0v) is 10.2. The van der Waals surface area contributed by atoms with Gasteiger partial charge in [-0.25, -0.2) is 9.18 Å². The molecule has 2 aromatic rings. The molecule has 0 aliphatic heterocycles. The first-order chi connectivity index (χ1) is 9.10. The lowest BCUT2D eigenvalue weighted by molar-refractivity contribution is 0.0697. The van der Waals surface area contributed by atoms with E-state index in [0.29, 0.717) is 17.1 Å². The molecule has 0 atom stereocenters. The number of rotatable bonds is 4.